The third kappa shape index (κ3) is 4.06. The summed E-state index contributed by atoms with van der Waals surface area (Å²) in [6.45, 7) is 7.38. The van der Waals surface area contributed by atoms with Gasteiger partial charge in [0.05, 0.1) is 24.3 Å². The van der Waals surface area contributed by atoms with Crippen molar-refractivity contribution >= 4 is 21.6 Å². The highest BCUT2D eigenvalue weighted by Gasteiger charge is 2.36. The Kier molecular flexibility index (Phi) is 5.54. The van der Waals surface area contributed by atoms with Crippen LogP contribution < -0.4 is 10.0 Å². The SMILES string of the molecule is Cc1nc(C)n(CC(C)C(=O)N2CCC(C3Nc4ccccc4S(=O)(=O)N3)CC2)n1. The number of nitrogens with one attached hydrogen (secondary N) is 2. The van der Waals surface area contributed by atoms with Crippen molar-refractivity contribution in [3.05, 3.63) is 35.9 Å². The number of nitrogens with zero attached hydrogens (tertiary/aromatic N) is 4. The number of carbonyl (C=O) groups excluding carboxylic acids is 1. The fourth-order valence-corrected chi connectivity index (χ4v) is 5.69. The Morgan fingerprint density at radius 1 is 1.23 bits per heavy atom. The van der Waals surface area contributed by atoms with Crippen molar-refractivity contribution in [2.75, 3.05) is 18.4 Å². The Morgan fingerprint density at radius 2 is 1.93 bits per heavy atom. The summed E-state index contributed by atoms with van der Waals surface area (Å²) >= 11 is 0. The zero-order chi connectivity index (χ0) is 21.5. The molecule has 1 amide bonds. The van der Waals surface area contributed by atoms with Crippen LogP contribution in [-0.2, 0) is 21.4 Å². The number of aromatic nitrogens is 3. The molecule has 2 aliphatic rings. The van der Waals surface area contributed by atoms with Crippen LogP contribution in [-0.4, -0.2) is 53.2 Å². The highest BCUT2D eigenvalue weighted by Crippen LogP contribution is 2.31. The molecule has 2 unspecified atom stereocenters. The molecule has 1 aromatic carbocycles. The minimum absolute atomic E-state index is 0.100. The van der Waals surface area contributed by atoms with E-state index in [2.05, 4.69) is 20.1 Å². The van der Waals surface area contributed by atoms with Crippen LogP contribution in [0.3, 0.4) is 0 Å². The van der Waals surface area contributed by atoms with Crippen molar-refractivity contribution in [1.29, 1.82) is 0 Å². The van der Waals surface area contributed by atoms with E-state index in [-0.39, 0.29) is 28.8 Å². The molecule has 162 valence electrons. The van der Waals surface area contributed by atoms with Gasteiger partial charge in [0.1, 0.15) is 16.5 Å². The zero-order valence-electron chi connectivity index (χ0n) is 17.5. The smallest absolute Gasteiger partial charge is 0.244 e. The highest BCUT2D eigenvalue weighted by molar-refractivity contribution is 7.89. The van der Waals surface area contributed by atoms with E-state index in [4.69, 9.17) is 0 Å². The van der Waals surface area contributed by atoms with E-state index in [0.29, 0.717) is 31.1 Å². The maximum atomic E-state index is 12.9. The van der Waals surface area contributed by atoms with E-state index in [1.54, 1.807) is 22.9 Å². The molecule has 2 aromatic rings. The lowest BCUT2D eigenvalue weighted by molar-refractivity contribution is -0.137. The topological polar surface area (TPSA) is 109 Å². The summed E-state index contributed by atoms with van der Waals surface area (Å²) in [4.78, 5) is 19.4. The van der Waals surface area contributed by atoms with Gasteiger partial charge < -0.3 is 10.2 Å². The average Bonchev–Trinajstić information content (AvgIpc) is 3.03. The molecule has 1 fully saturated rings. The molecule has 0 saturated carbocycles. The van der Waals surface area contributed by atoms with Crippen LogP contribution in [0, 0.1) is 25.7 Å². The van der Waals surface area contributed by atoms with Crippen LogP contribution in [0.1, 0.15) is 31.4 Å². The van der Waals surface area contributed by atoms with Gasteiger partial charge in [-0.2, -0.15) is 9.82 Å². The highest BCUT2D eigenvalue weighted by atomic mass is 32.2. The molecule has 9 nitrogen and oxygen atoms in total. The number of carbonyl (C=O) groups is 1. The Balaban J connectivity index is 1.36. The summed E-state index contributed by atoms with van der Waals surface area (Å²) in [5.74, 6) is 1.54. The molecule has 1 saturated heterocycles. The van der Waals surface area contributed by atoms with Gasteiger partial charge in [0, 0.05) is 13.1 Å². The van der Waals surface area contributed by atoms with Gasteiger partial charge in [-0.25, -0.2) is 18.1 Å². The molecule has 0 radical (unpaired) electrons. The minimum atomic E-state index is -3.53. The van der Waals surface area contributed by atoms with Crippen molar-refractivity contribution in [1.82, 2.24) is 24.4 Å². The molecule has 2 N–H and O–H groups in total. The lowest BCUT2D eigenvalue weighted by atomic mass is 9.93. The number of likely N-dealkylation sites (tertiary alicyclic amines) is 1. The molecule has 2 atom stereocenters. The van der Waals surface area contributed by atoms with Crippen LogP contribution in [0.5, 0.6) is 0 Å². The maximum absolute atomic E-state index is 12.9. The first-order chi connectivity index (χ1) is 14.2. The molecule has 0 aliphatic carbocycles. The van der Waals surface area contributed by atoms with E-state index < -0.39 is 10.0 Å². The van der Waals surface area contributed by atoms with Gasteiger partial charge in [-0.3, -0.25) is 4.79 Å². The molecule has 0 bridgehead atoms. The number of rotatable bonds is 4. The zero-order valence-corrected chi connectivity index (χ0v) is 18.3. The molecule has 1 aromatic heterocycles. The number of hydrogen-bond acceptors (Lipinski definition) is 6. The lowest BCUT2D eigenvalue weighted by Crippen LogP contribution is -2.52. The van der Waals surface area contributed by atoms with E-state index in [0.717, 1.165) is 18.7 Å². The number of fused-ring (bicyclic) bond motifs is 1. The average molecular weight is 433 g/mol. The largest absolute Gasteiger partial charge is 0.368 e. The summed E-state index contributed by atoms with van der Waals surface area (Å²) in [5, 5.41) is 7.66. The van der Waals surface area contributed by atoms with Crippen LogP contribution in [0.25, 0.3) is 0 Å². The van der Waals surface area contributed by atoms with Crippen molar-refractivity contribution in [2.45, 2.75) is 51.2 Å². The number of anilines is 1. The number of hydrogen-bond donors (Lipinski definition) is 2. The normalized spacial score (nSPS) is 22.2. The van der Waals surface area contributed by atoms with Crippen molar-refractivity contribution in [2.24, 2.45) is 11.8 Å². The van der Waals surface area contributed by atoms with Crippen molar-refractivity contribution in [3.63, 3.8) is 0 Å². The summed E-state index contributed by atoms with van der Waals surface area (Å²) in [5.41, 5.74) is 0.631. The number of benzene rings is 1. The predicted molar refractivity (Wildman–Crippen MR) is 112 cm³/mol. The van der Waals surface area contributed by atoms with Gasteiger partial charge >= 0.3 is 0 Å². The first-order valence-corrected chi connectivity index (χ1v) is 11.8. The number of aryl methyl sites for hydroxylation is 2. The van der Waals surface area contributed by atoms with E-state index >= 15 is 0 Å². The number of amides is 1. The second kappa shape index (κ2) is 7.99. The van der Waals surface area contributed by atoms with Gasteiger partial charge in [-0.05, 0) is 44.7 Å². The van der Waals surface area contributed by atoms with Gasteiger partial charge in [-0.1, -0.05) is 19.1 Å². The summed E-state index contributed by atoms with van der Waals surface area (Å²) in [7, 11) is -3.53. The van der Waals surface area contributed by atoms with Crippen LogP contribution >= 0.6 is 0 Å². The Labute approximate surface area is 176 Å². The lowest BCUT2D eigenvalue weighted by Gasteiger charge is -2.39. The van der Waals surface area contributed by atoms with E-state index in [1.165, 1.54) is 0 Å². The minimum Gasteiger partial charge on any atom is -0.368 e. The molecule has 4 rings (SSSR count). The third-order valence-electron chi connectivity index (χ3n) is 5.92. The monoisotopic (exact) mass is 432 g/mol. The first-order valence-electron chi connectivity index (χ1n) is 10.3. The van der Waals surface area contributed by atoms with E-state index in [9.17, 15) is 13.2 Å². The second-order valence-electron chi connectivity index (χ2n) is 8.19. The fraction of sp³-hybridized carbons (Fsp3) is 0.550. The standard InChI is InChI=1S/C20H28N6O3S/c1-13(12-26-15(3)21-14(2)23-26)20(27)25-10-8-16(9-11-25)19-22-17-6-4-5-7-18(17)30(28,29)24-19/h4-7,13,16,19,22,24H,8-12H2,1-3H3. The van der Waals surface area contributed by atoms with Crippen molar-refractivity contribution in [3.8, 4) is 0 Å². The molecular weight excluding hydrogens is 404 g/mol. The van der Waals surface area contributed by atoms with Crippen LogP contribution in [0.4, 0.5) is 5.69 Å². The predicted octanol–water partition coefficient (Wildman–Crippen LogP) is 1.50. The number of sulfonamides is 1. The second-order valence-corrected chi connectivity index (χ2v) is 9.87. The summed E-state index contributed by atoms with van der Waals surface area (Å²) in [6.07, 6.45) is 1.12. The molecule has 2 aliphatic heterocycles. The van der Waals surface area contributed by atoms with Gasteiger partial charge in [0.2, 0.25) is 15.9 Å². The first kappa shape index (κ1) is 20.8. The molecule has 3 heterocycles. The van der Waals surface area contributed by atoms with Gasteiger partial charge in [0.25, 0.3) is 0 Å². The summed E-state index contributed by atoms with van der Waals surface area (Å²) < 4.78 is 29.7. The van der Waals surface area contributed by atoms with Crippen LogP contribution in [0.2, 0.25) is 0 Å². The fourth-order valence-electron chi connectivity index (χ4n) is 4.30. The number of para-hydroxylation sites is 1. The quantitative estimate of drug-likeness (QED) is 0.758. The Bertz CT molecular complexity index is 1040. The molecule has 0 spiro atoms. The maximum Gasteiger partial charge on any atom is 0.244 e. The van der Waals surface area contributed by atoms with Crippen molar-refractivity contribution < 1.29 is 13.2 Å². The van der Waals surface area contributed by atoms with Gasteiger partial charge in [0.15, 0.2) is 0 Å². The Hall–Kier alpha value is -2.46. The summed E-state index contributed by atoms with van der Waals surface area (Å²) in [6, 6.07) is 6.93. The van der Waals surface area contributed by atoms with Crippen LogP contribution in [0.15, 0.2) is 29.2 Å². The van der Waals surface area contributed by atoms with Gasteiger partial charge in [-0.15, -0.1) is 0 Å². The molecule has 10 heteroatoms. The molecular formula is C20H28N6O3S. The number of piperidine rings is 1. The molecule has 30 heavy (non-hydrogen) atoms. The Morgan fingerprint density at radius 3 is 2.60 bits per heavy atom. The van der Waals surface area contributed by atoms with E-state index in [1.807, 2.05) is 31.7 Å². The third-order valence-corrected chi connectivity index (χ3v) is 7.42.